The van der Waals surface area contributed by atoms with Crippen LogP contribution in [-0.4, -0.2) is 31.8 Å². The summed E-state index contributed by atoms with van der Waals surface area (Å²) in [5, 5.41) is 11.6. The Morgan fingerprint density at radius 3 is 2.29 bits per heavy atom. The van der Waals surface area contributed by atoms with E-state index in [2.05, 4.69) is 20.2 Å². The second kappa shape index (κ2) is 9.30. The van der Waals surface area contributed by atoms with Crippen molar-refractivity contribution in [3.63, 3.8) is 0 Å². The van der Waals surface area contributed by atoms with Gasteiger partial charge in [-0.25, -0.2) is 8.42 Å². The molecule has 0 bridgehead atoms. The van der Waals surface area contributed by atoms with E-state index >= 15 is 0 Å². The second-order valence-corrected chi connectivity index (χ2v) is 9.85. The zero-order valence-corrected chi connectivity index (χ0v) is 20.0. The molecule has 9 nitrogen and oxygen atoms in total. The molecule has 1 aliphatic heterocycles. The van der Waals surface area contributed by atoms with Gasteiger partial charge in [-0.05, 0) is 62.4 Å². The molecule has 0 aliphatic carbocycles. The molecule has 4 aromatic rings. The molecule has 2 heterocycles. The van der Waals surface area contributed by atoms with Crippen LogP contribution in [0.3, 0.4) is 0 Å². The number of hydrogen-bond donors (Lipinski definition) is 2. The van der Waals surface area contributed by atoms with Crippen molar-refractivity contribution >= 4 is 21.4 Å². The van der Waals surface area contributed by atoms with Crippen LogP contribution < -0.4 is 19.5 Å². The van der Waals surface area contributed by atoms with E-state index in [0.29, 0.717) is 42.2 Å². The maximum atomic E-state index is 12.8. The lowest BCUT2D eigenvalue weighted by atomic mass is 10.1. The van der Waals surface area contributed by atoms with Crippen molar-refractivity contribution in [2.75, 3.05) is 23.3 Å². The molecular weight excluding hydrogens is 468 g/mol. The van der Waals surface area contributed by atoms with Crippen LogP contribution in [0.2, 0.25) is 0 Å². The van der Waals surface area contributed by atoms with Gasteiger partial charge in [0.15, 0.2) is 11.5 Å². The fourth-order valence-electron chi connectivity index (χ4n) is 3.57. The first-order valence-electron chi connectivity index (χ1n) is 11.1. The molecule has 0 fully saturated rings. The SMILES string of the molecule is Cc1ccc(-c2nnc(C(C)Nc3ccc(NS(=O)(=O)c4ccc5c(c4)OCCO5)cc3)o2)cc1. The van der Waals surface area contributed by atoms with Crippen molar-refractivity contribution < 1.29 is 22.3 Å². The third kappa shape index (κ3) is 5.07. The fraction of sp³-hybridized carbons (Fsp3) is 0.200. The van der Waals surface area contributed by atoms with Gasteiger partial charge < -0.3 is 19.2 Å². The predicted molar refractivity (Wildman–Crippen MR) is 131 cm³/mol. The van der Waals surface area contributed by atoms with Gasteiger partial charge in [0.1, 0.15) is 19.3 Å². The lowest BCUT2D eigenvalue weighted by molar-refractivity contribution is 0.171. The Bertz CT molecular complexity index is 1430. The Balaban J connectivity index is 1.24. The molecule has 10 heteroatoms. The predicted octanol–water partition coefficient (Wildman–Crippen LogP) is 4.79. The molecule has 0 amide bonds. The maximum absolute atomic E-state index is 12.8. The van der Waals surface area contributed by atoms with E-state index in [4.69, 9.17) is 13.9 Å². The van der Waals surface area contributed by atoms with E-state index in [1.807, 2.05) is 38.1 Å². The summed E-state index contributed by atoms with van der Waals surface area (Å²) < 4.78 is 45.0. The molecule has 35 heavy (non-hydrogen) atoms. The number of fused-ring (bicyclic) bond motifs is 1. The lowest BCUT2D eigenvalue weighted by Crippen LogP contribution is -2.17. The minimum Gasteiger partial charge on any atom is -0.486 e. The summed E-state index contributed by atoms with van der Waals surface area (Å²) in [4.78, 5) is 0.0957. The number of ether oxygens (including phenoxy) is 2. The van der Waals surface area contributed by atoms with Gasteiger partial charge in [0.25, 0.3) is 10.0 Å². The molecule has 3 aromatic carbocycles. The molecule has 0 saturated heterocycles. The average Bonchev–Trinajstić information content (AvgIpc) is 3.36. The van der Waals surface area contributed by atoms with Crippen LogP contribution in [0.4, 0.5) is 11.4 Å². The fourth-order valence-corrected chi connectivity index (χ4v) is 4.65. The number of aromatic nitrogens is 2. The van der Waals surface area contributed by atoms with E-state index in [0.717, 1.165) is 16.8 Å². The highest BCUT2D eigenvalue weighted by molar-refractivity contribution is 7.92. The normalized spacial score (nSPS) is 13.8. The minimum absolute atomic E-state index is 0.0957. The standard InChI is InChI=1S/C25H24N4O5S/c1-16-3-5-18(6-4-16)25-28-27-24(34-25)17(2)26-19-7-9-20(10-8-19)29-35(30,31)21-11-12-22-23(15-21)33-14-13-32-22/h3-12,15,17,26,29H,13-14H2,1-2H3. The number of nitrogens with zero attached hydrogens (tertiary/aromatic N) is 2. The molecular formula is C25H24N4O5S. The summed E-state index contributed by atoms with van der Waals surface area (Å²) in [6.45, 7) is 4.75. The van der Waals surface area contributed by atoms with Gasteiger partial charge in [0.05, 0.1) is 4.90 Å². The first kappa shape index (κ1) is 22.7. The number of hydrogen-bond acceptors (Lipinski definition) is 8. The molecule has 0 radical (unpaired) electrons. The van der Waals surface area contributed by atoms with Crippen LogP contribution in [0, 0.1) is 6.92 Å². The number of anilines is 2. The average molecular weight is 493 g/mol. The van der Waals surface area contributed by atoms with Crippen LogP contribution in [0.5, 0.6) is 11.5 Å². The van der Waals surface area contributed by atoms with Gasteiger partial charge in [-0.1, -0.05) is 17.7 Å². The minimum atomic E-state index is -3.79. The first-order valence-corrected chi connectivity index (χ1v) is 12.6. The van der Waals surface area contributed by atoms with Crippen molar-refractivity contribution in [2.45, 2.75) is 24.8 Å². The number of sulfonamides is 1. The zero-order valence-electron chi connectivity index (χ0n) is 19.2. The third-order valence-corrected chi connectivity index (χ3v) is 6.83. The van der Waals surface area contributed by atoms with Crippen LogP contribution in [0.25, 0.3) is 11.5 Å². The highest BCUT2D eigenvalue weighted by Crippen LogP contribution is 2.33. The molecule has 0 saturated carbocycles. The second-order valence-electron chi connectivity index (χ2n) is 8.17. The Kier molecular flexibility index (Phi) is 6.04. The summed E-state index contributed by atoms with van der Waals surface area (Å²) in [6, 6.07) is 19.1. The van der Waals surface area contributed by atoms with Crippen molar-refractivity contribution in [1.29, 1.82) is 0 Å². The van der Waals surface area contributed by atoms with Gasteiger partial charge in [0.2, 0.25) is 11.8 Å². The lowest BCUT2D eigenvalue weighted by Gasteiger charge is -2.19. The molecule has 180 valence electrons. The van der Waals surface area contributed by atoms with Gasteiger partial charge in [-0.3, -0.25) is 4.72 Å². The van der Waals surface area contributed by atoms with E-state index in [9.17, 15) is 8.42 Å². The number of rotatable bonds is 7. The summed E-state index contributed by atoms with van der Waals surface area (Å²) in [6.07, 6.45) is 0. The van der Waals surface area contributed by atoms with Crippen molar-refractivity contribution in [1.82, 2.24) is 10.2 Å². The van der Waals surface area contributed by atoms with Crippen LogP contribution in [-0.2, 0) is 10.0 Å². The quantitative estimate of drug-likeness (QED) is 0.378. The topological polar surface area (TPSA) is 116 Å². The number of aryl methyl sites for hydroxylation is 1. The molecule has 1 aromatic heterocycles. The van der Waals surface area contributed by atoms with Crippen molar-refractivity contribution in [3.8, 4) is 23.0 Å². The molecule has 1 aliphatic rings. The van der Waals surface area contributed by atoms with E-state index in [1.54, 1.807) is 30.3 Å². The number of benzene rings is 3. The summed E-state index contributed by atoms with van der Waals surface area (Å²) in [7, 11) is -3.79. The molecule has 2 N–H and O–H groups in total. The molecule has 5 rings (SSSR count). The third-order valence-electron chi connectivity index (χ3n) is 5.45. The molecule has 0 spiro atoms. The molecule has 1 atom stereocenters. The van der Waals surface area contributed by atoms with E-state index in [-0.39, 0.29) is 10.9 Å². The number of nitrogens with one attached hydrogen (secondary N) is 2. The van der Waals surface area contributed by atoms with Crippen LogP contribution in [0.15, 0.2) is 76.0 Å². The summed E-state index contributed by atoms with van der Waals surface area (Å²) in [5.41, 5.74) is 3.21. The molecule has 1 unspecified atom stereocenters. The van der Waals surface area contributed by atoms with Crippen molar-refractivity contribution in [2.24, 2.45) is 0 Å². The highest BCUT2D eigenvalue weighted by atomic mass is 32.2. The van der Waals surface area contributed by atoms with E-state index in [1.165, 1.54) is 12.1 Å². The first-order chi connectivity index (χ1) is 16.9. The largest absolute Gasteiger partial charge is 0.486 e. The van der Waals surface area contributed by atoms with Crippen LogP contribution in [0.1, 0.15) is 24.4 Å². The monoisotopic (exact) mass is 492 g/mol. The summed E-state index contributed by atoms with van der Waals surface area (Å²) in [5.74, 6) is 1.85. The smallest absolute Gasteiger partial charge is 0.262 e. The van der Waals surface area contributed by atoms with Crippen LogP contribution >= 0.6 is 0 Å². The van der Waals surface area contributed by atoms with E-state index < -0.39 is 10.0 Å². The Hall–Kier alpha value is -4.05. The van der Waals surface area contributed by atoms with Gasteiger partial charge >= 0.3 is 0 Å². The highest BCUT2D eigenvalue weighted by Gasteiger charge is 2.20. The van der Waals surface area contributed by atoms with Gasteiger partial charge in [-0.2, -0.15) is 0 Å². The van der Waals surface area contributed by atoms with Crippen molar-refractivity contribution in [3.05, 3.63) is 78.2 Å². The summed E-state index contributed by atoms with van der Waals surface area (Å²) >= 11 is 0. The maximum Gasteiger partial charge on any atom is 0.262 e. The Morgan fingerprint density at radius 2 is 1.54 bits per heavy atom. The van der Waals surface area contributed by atoms with Gasteiger partial charge in [0, 0.05) is 23.0 Å². The van der Waals surface area contributed by atoms with Gasteiger partial charge in [-0.15, -0.1) is 10.2 Å². The Morgan fingerprint density at radius 1 is 0.857 bits per heavy atom. The Labute approximate surface area is 203 Å². The zero-order chi connectivity index (χ0) is 24.4.